The summed E-state index contributed by atoms with van der Waals surface area (Å²) in [5, 5.41) is 2.86. The van der Waals surface area contributed by atoms with Gasteiger partial charge in [-0.15, -0.1) is 0 Å². The minimum Gasteiger partial charge on any atom is -0.465 e. The van der Waals surface area contributed by atoms with Gasteiger partial charge in [0.05, 0.1) is 6.61 Å². The standard InChI is InChI=1S/C14H27NO3S/c1-7-18-13(17)11(14(3,4)5)12(16)15-8-10(2)9-19-6/h10-11H,7-9H2,1-6H3,(H,15,16). The Balaban J connectivity index is 4.61. The monoisotopic (exact) mass is 289 g/mol. The van der Waals surface area contributed by atoms with Crippen LogP contribution in [-0.2, 0) is 14.3 Å². The van der Waals surface area contributed by atoms with Gasteiger partial charge in [0.25, 0.3) is 0 Å². The fraction of sp³-hybridized carbons (Fsp3) is 0.857. The van der Waals surface area contributed by atoms with E-state index in [0.29, 0.717) is 19.1 Å². The topological polar surface area (TPSA) is 55.4 Å². The molecule has 2 unspecified atom stereocenters. The maximum atomic E-state index is 12.2. The first-order chi connectivity index (χ1) is 8.73. The molecule has 1 amide bonds. The molecule has 4 nitrogen and oxygen atoms in total. The van der Waals surface area contributed by atoms with Crippen molar-refractivity contribution in [2.24, 2.45) is 17.3 Å². The van der Waals surface area contributed by atoms with Crippen LogP contribution in [0.5, 0.6) is 0 Å². The summed E-state index contributed by atoms with van der Waals surface area (Å²) >= 11 is 1.75. The number of ether oxygens (including phenoxy) is 1. The molecule has 0 rings (SSSR count). The van der Waals surface area contributed by atoms with Crippen LogP contribution in [0.2, 0.25) is 0 Å². The molecule has 0 saturated heterocycles. The van der Waals surface area contributed by atoms with Gasteiger partial charge in [-0.3, -0.25) is 9.59 Å². The van der Waals surface area contributed by atoms with Gasteiger partial charge in [0.2, 0.25) is 5.91 Å². The van der Waals surface area contributed by atoms with E-state index >= 15 is 0 Å². The number of nitrogens with one attached hydrogen (secondary N) is 1. The van der Waals surface area contributed by atoms with Gasteiger partial charge in [0, 0.05) is 6.54 Å². The summed E-state index contributed by atoms with van der Waals surface area (Å²) in [6.45, 7) is 10.3. The highest BCUT2D eigenvalue weighted by molar-refractivity contribution is 7.98. The largest absolute Gasteiger partial charge is 0.465 e. The van der Waals surface area contributed by atoms with Crippen LogP contribution in [0.25, 0.3) is 0 Å². The molecule has 0 saturated carbocycles. The second kappa shape index (κ2) is 8.46. The molecular weight excluding hydrogens is 262 g/mol. The Kier molecular flexibility index (Phi) is 8.14. The van der Waals surface area contributed by atoms with Crippen molar-refractivity contribution in [2.75, 3.05) is 25.2 Å². The summed E-state index contributed by atoms with van der Waals surface area (Å²) in [5.74, 6) is -0.0560. The first-order valence-corrected chi connectivity index (χ1v) is 8.06. The molecule has 112 valence electrons. The molecule has 0 bridgehead atoms. The van der Waals surface area contributed by atoms with E-state index in [-0.39, 0.29) is 5.91 Å². The Morgan fingerprint density at radius 2 is 1.89 bits per heavy atom. The number of amides is 1. The van der Waals surface area contributed by atoms with Crippen molar-refractivity contribution >= 4 is 23.6 Å². The fourth-order valence-corrected chi connectivity index (χ4v) is 2.49. The average Bonchev–Trinajstić information content (AvgIpc) is 2.25. The van der Waals surface area contributed by atoms with E-state index in [2.05, 4.69) is 12.2 Å². The minimum atomic E-state index is -0.756. The maximum absolute atomic E-state index is 12.2. The molecule has 19 heavy (non-hydrogen) atoms. The van der Waals surface area contributed by atoms with Crippen LogP contribution < -0.4 is 5.32 Å². The van der Waals surface area contributed by atoms with Crippen LogP contribution in [0.1, 0.15) is 34.6 Å². The normalized spacial score (nSPS) is 14.6. The molecule has 0 aliphatic rings. The van der Waals surface area contributed by atoms with Crippen molar-refractivity contribution in [3.63, 3.8) is 0 Å². The predicted molar refractivity (Wildman–Crippen MR) is 80.1 cm³/mol. The highest BCUT2D eigenvalue weighted by Gasteiger charge is 2.38. The minimum absolute atomic E-state index is 0.237. The average molecular weight is 289 g/mol. The number of hydrogen-bond acceptors (Lipinski definition) is 4. The Bertz CT molecular complexity index is 300. The van der Waals surface area contributed by atoms with Crippen molar-refractivity contribution in [1.82, 2.24) is 5.32 Å². The zero-order valence-corrected chi connectivity index (χ0v) is 13.7. The van der Waals surface area contributed by atoms with Crippen molar-refractivity contribution < 1.29 is 14.3 Å². The number of esters is 1. The first kappa shape index (κ1) is 18.3. The summed E-state index contributed by atoms with van der Waals surface area (Å²) in [4.78, 5) is 24.1. The van der Waals surface area contributed by atoms with E-state index in [9.17, 15) is 9.59 Å². The lowest BCUT2D eigenvalue weighted by molar-refractivity contribution is -0.156. The summed E-state index contributed by atoms with van der Waals surface area (Å²) in [6.07, 6.45) is 2.04. The van der Waals surface area contributed by atoms with E-state index in [4.69, 9.17) is 4.74 Å². The van der Waals surface area contributed by atoms with E-state index < -0.39 is 17.3 Å². The summed E-state index contributed by atoms with van der Waals surface area (Å²) in [5.41, 5.74) is -0.445. The fourth-order valence-electron chi connectivity index (χ4n) is 1.80. The molecule has 5 heteroatoms. The van der Waals surface area contributed by atoms with Gasteiger partial charge >= 0.3 is 5.97 Å². The van der Waals surface area contributed by atoms with E-state index in [1.807, 2.05) is 27.0 Å². The summed E-state index contributed by atoms with van der Waals surface area (Å²) in [7, 11) is 0. The highest BCUT2D eigenvalue weighted by atomic mass is 32.2. The molecule has 2 atom stereocenters. The third-order valence-electron chi connectivity index (χ3n) is 2.73. The molecule has 0 radical (unpaired) electrons. The SMILES string of the molecule is CCOC(=O)C(C(=O)NCC(C)CSC)C(C)(C)C. The number of hydrogen-bond donors (Lipinski definition) is 1. The van der Waals surface area contributed by atoms with Gasteiger partial charge in [-0.2, -0.15) is 11.8 Å². The van der Waals surface area contributed by atoms with Crippen LogP contribution in [0, 0.1) is 17.3 Å². The Hall–Kier alpha value is -0.710. The zero-order chi connectivity index (χ0) is 15.1. The molecular formula is C14H27NO3S. The van der Waals surface area contributed by atoms with Crippen LogP contribution in [0.4, 0.5) is 0 Å². The molecule has 0 aromatic carbocycles. The molecule has 0 fully saturated rings. The number of rotatable bonds is 7. The smallest absolute Gasteiger partial charge is 0.319 e. The van der Waals surface area contributed by atoms with Gasteiger partial charge in [0.15, 0.2) is 0 Å². The van der Waals surface area contributed by atoms with Crippen LogP contribution >= 0.6 is 11.8 Å². The third kappa shape index (κ3) is 6.85. The predicted octanol–water partition coefficient (Wildman–Crippen LogP) is 2.33. The second-order valence-electron chi connectivity index (χ2n) is 5.86. The number of carbonyl (C=O) groups excluding carboxylic acids is 2. The zero-order valence-electron chi connectivity index (χ0n) is 12.9. The quantitative estimate of drug-likeness (QED) is 0.577. The second-order valence-corrected chi connectivity index (χ2v) is 6.77. The third-order valence-corrected chi connectivity index (χ3v) is 3.63. The molecule has 1 N–H and O–H groups in total. The first-order valence-electron chi connectivity index (χ1n) is 6.67. The van der Waals surface area contributed by atoms with Crippen LogP contribution in [0.3, 0.4) is 0 Å². The van der Waals surface area contributed by atoms with Crippen LogP contribution in [0.15, 0.2) is 0 Å². The highest BCUT2D eigenvalue weighted by Crippen LogP contribution is 2.27. The van der Waals surface area contributed by atoms with Gasteiger partial charge in [0.1, 0.15) is 5.92 Å². The van der Waals surface area contributed by atoms with Gasteiger partial charge in [-0.05, 0) is 30.3 Å². The Labute approximate surface area is 121 Å². The van der Waals surface area contributed by atoms with Gasteiger partial charge in [-0.25, -0.2) is 0 Å². The van der Waals surface area contributed by atoms with E-state index in [1.54, 1.807) is 18.7 Å². The number of carbonyl (C=O) groups is 2. The van der Waals surface area contributed by atoms with Gasteiger partial charge < -0.3 is 10.1 Å². The van der Waals surface area contributed by atoms with Crippen molar-refractivity contribution in [3.05, 3.63) is 0 Å². The lowest BCUT2D eigenvalue weighted by atomic mass is 9.80. The van der Waals surface area contributed by atoms with E-state index in [0.717, 1.165) is 5.75 Å². The van der Waals surface area contributed by atoms with Crippen molar-refractivity contribution in [1.29, 1.82) is 0 Å². The van der Waals surface area contributed by atoms with Gasteiger partial charge in [-0.1, -0.05) is 27.7 Å². The molecule has 0 aliphatic heterocycles. The molecule has 0 aromatic heterocycles. The lowest BCUT2D eigenvalue weighted by Gasteiger charge is -2.28. The lowest BCUT2D eigenvalue weighted by Crippen LogP contribution is -2.44. The number of thioether (sulfide) groups is 1. The molecule has 0 aliphatic carbocycles. The van der Waals surface area contributed by atoms with Crippen LogP contribution in [-0.4, -0.2) is 37.0 Å². The molecule has 0 aromatic rings. The van der Waals surface area contributed by atoms with Crippen molar-refractivity contribution in [2.45, 2.75) is 34.6 Å². The van der Waals surface area contributed by atoms with Crippen molar-refractivity contribution in [3.8, 4) is 0 Å². The Morgan fingerprint density at radius 1 is 1.32 bits per heavy atom. The maximum Gasteiger partial charge on any atom is 0.319 e. The van der Waals surface area contributed by atoms with E-state index in [1.165, 1.54) is 0 Å². The Morgan fingerprint density at radius 3 is 2.32 bits per heavy atom. The molecule has 0 heterocycles. The summed E-state index contributed by atoms with van der Waals surface area (Å²) < 4.78 is 5.00. The summed E-state index contributed by atoms with van der Waals surface area (Å²) in [6, 6.07) is 0. The molecule has 0 spiro atoms.